The molecular formula is C21H22FN5O2. The molecule has 7 nitrogen and oxygen atoms in total. The molecule has 1 fully saturated rings. The molecule has 0 saturated carbocycles. The van der Waals surface area contributed by atoms with Crippen molar-refractivity contribution in [3.8, 4) is 11.3 Å². The molecule has 0 unspecified atom stereocenters. The van der Waals surface area contributed by atoms with Crippen LogP contribution in [-0.4, -0.2) is 45.0 Å². The average molecular weight is 395 g/mol. The fourth-order valence-electron chi connectivity index (χ4n) is 4.46. The Hall–Kier alpha value is -2.84. The van der Waals surface area contributed by atoms with E-state index in [-0.39, 0.29) is 12.5 Å². The Balaban J connectivity index is 1.75. The minimum absolute atomic E-state index is 0.212. The number of hydrogen-bond donors (Lipinski definition) is 3. The number of hydrogen-bond acceptors (Lipinski definition) is 5. The van der Waals surface area contributed by atoms with Gasteiger partial charge in [0.2, 0.25) is 0 Å². The first kappa shape index (κ1) is 18.2. The second-order valence-corrected chi connectivity index (χ2v) is 7.64. The lowest BCUT2D eigenvalue weighted by Gasteiger charge is -2.27. The van der Waals surface area contributed by atoms with Crippen LogP contribution < -0.4 is 10.6 Å². The van der Waals surface area contributed by atoms with Crippen molar-refractivity contribution in [3.05, 3.63) is 42.1 Å². The number of piperidine rings is 1. The van der Waals surface area contributed by atoms with Gasteiger partial charge in [0.1, 0.15) is 17.7 Å². The van der Waals surface area contributed by atoms with Crippen LogP contribution in [0, 0.1) is 0 Å². The van der Waals surface area contributed by atoms with E-state index in [1.165, 1.54) is 0 Å². The molecule has 1 amide bonds. The van der Waals surface area contributed by atoms with Crippen LogP contribution in [0.2, 0.25) is 0 Å². The maximum atomic E-state index is 14.7. The highest BCUT2D eigenvalue weighted by atomic mass is 19.1. The molecule has 0 radical (unpaired) electrons. The monoisotopic (exact) mass is 395 g/mol. The summed E-state index contributed by atoms with van der Waals surface area (Å²) in [6.45, 7) is 2.78. The molecule has 29 heavy (non-hydrogen) atoms. The molecule has 2 aliphatic heterocycles. The molecule has 3 atom stereocenters. The quantitative estimate of drug-likeness (QED) is 0.634. The van der Waals surface area contributed by atoms with Gasteiger partial charge in [-0.3, -0.25) is 9.48 Å². The van der Waals surface area contributed by atoms with Crippen LogP contribution in [0.15, 0.2) is 36.5 Å². The predicted molar refractivity (Wildman–Crippen MR) is 107 cm³/mol. The second kappa shape index (κ2) is 6.60. The molecule has 1 aromatic carbocycles. The fourth-order valence-corrected chi connectivity index (χ4v) is 4.46. The predicted octanol–water partition coefficient (Wildman–Crippen LogP) is 2.52. The molecule has 3 N–H and O–H groups in total. The summed E-state index contributed by atoms with van der Waals surface area (Å²) in [5.74, 6) is -0.137. The standard InChI is InChI=1S/C21H22FN5O2/c1-2-21(29)17-13(7-10-24-19(17)25-20(21)28)18-12-5-3-4-6-15(12)27(26-18)16-8-9-23-11-14(16)22/h3-7,10,14,16,23,29H,2,8-9,11H2,1H3,(H,24,25,28)/t14-,16+,21+/m1/s1. The van der Waals surface area contributed by atoms with E-state index < -0.39 is 17.7 Å². The molecule has 5 rings (SSSR count). The van der Waals surface area contributed by atoms with Crippen LogP contribution >= 0.6 is 0 Å². The van der Waals surface area contributed by atoms with Crippen LogP contribution in [0.1, 0.15) is 31.4 Å². The van der Waals surface area contributed by atoms with Crippen molar-refractivity contribution in [3.63, 3.8) is 0 Å². The minimum atomic E-state index is -1.67. The zero-order valence-corrected chi connectivity index (χ0v) is 16.0. The SMILES string of the molecule is CC[C@@]1(O)C(=O)Nc2nccc(-c3nn([C@H]4CCNC[C@H]4F)c4ccccc34)c21. The molecule has 150 valence electrons. The number of pyridine rings is 1. The van der Waals surface area contributed by atoms with Gasteiger partial charge in [0, 0.05) is 29.3 Å². The van der Waals surface area contributed by atoms with E-state index in [9.17, 15) is 14.3 Å². The van der Waals surface area contributed by atoms with Crippen molar-refractivity contribution in [1.29, 1.82) is 0 Å². The molecule has 2 aliphatic rings. The van der Waals surface area contributed by atoms with Crippen molar-refractivity contribution < 1.29 is 14.3 Å². The number of rotatable bonds is 3. The van der Waals surface area contributed by atoms with Crippen LogP contribution in [0.5, 0.6) is 0 Å². The first-order valence-electron chi connectivity index (χ1n) is 9.90. The lowest BCUT2D eigenvalue weighted by molar-refractivity contribution is -0.133. The third-order valence-corrected chi connectivity index (χ3v) is 6.04. The van der Waals surface area contributed by atoms with Crippen LogP contribution in [0.4, 0.5) is 10.2 Å². The van der Waals surface area contributed by atoms with E-state index in [2.05, 4.69) is 15.6 Å². The largest absolute Gasteiger partial charge is 0.375 e. The topological polar surface area (TPSA) is 92.1 Å². The van der Waals surface area contributed by atoms with Crippen molar-refractivity contribution in [2.45, 2.75) is 37.6 Å². The molecule has 1 saturated heterocycles. The number of fused-ring (bicyclic) bond motifs is 2. The Bertz CT molecular complexity index is 1110. The van der Waals surface area contributed by atoms with Gasteiger partial charge in [-0.15, -0.1) is 0 Å². The van der Waals surface area contributed by atoms with Gasteiger partial charge in [-0.05, 0) is 31.5 Å². The van der Waals surface area contributed by atoms with Crippen LogP contribution in [-0.2, 0) is 10.4 Å². The third-order valence-electron chi connectivity index (χ3n) is 6.04. The van der Waals surface area contributed by atoms with Crippen LogP contribution in [0.3, 0.4) is 0 Å². The Kier molecular flexibility index (Phi) is 4.15. The number of nitrogens with one attached hydrogen (secondary N) is 2. The number of para-hydroxylation sites is 1. The summed E-state index contributed by atoms with van der Waals surface area (Å²) >= 11 is 0. The molecule has 3 aromatic rings. The number of anilines is 1. The Morgan fingerprint density at radius 2 is 2.17 bits per heavy atom. The van der Waals surface area contributed by atoms with E-state index in [0.29, 0.717) is 35.6 Å². The smallest absolute Gasteiger partial charge is 0.262 e. The number of halogens is 1. The summed E-state index contributed by atoms with van der Waals surface area (Å²) in [5.41, 5.74) is 0.858. The number of aromatic nitrogens is 3. The first-order chi connectivity index (χ1) is 14.0. The summed E-state index contributed by atoms with van der Waals surface area (Å²) < 4.78 is 16.5. The number of aliphatic hydroxyl groups is 1. The molecule has 2 aromatic heterocycles. The Morgan fingerprint density at radius 1 is 1.34 bits per heavy atom. The summed E-state index contributed by atoms with van der Waals surface area (Å²) in [7, 11) is 0. The van der Waals surface area contributed by atoms with E-state index in [4.69, 9.17) is 5.10 Å². The first-order valence-corrected chi connectivity index (χ1v) is 9.90. The summed E-state index contributed by atoms with van der Waals surface area (Å²) in [6.07, 6.45) is 1.40. The number of alkyl halides is 1. The number of amides is 1. The number of nitrogens with zero attached hydrogens (tertiary/aromatic N) is 3. The Morgan fingerprint density at radius 3 is 2.97 bits per heavy atom. The molecule has 0 spiro atoms. The molecular weight excluding hydrogens is 373 g/mol. The van der Waals surface area contributed by atoms with Crippen LogP contribution in [0.25, 0.3) is 22.2 Å². The zero-order chi connectivity index (χ0) is 20.2. The van der Waals surface area contributed by atoms with Crippen molar-refractivity contribution in [2.75, 3.05) is 18.4 Å². The lowest BCUT2D eigenvalue weighted by Crippen LogP contribution is -2.39. The summed E-state index contributed by atoms with van der Waals surface area (Å²) in [6, 6.07) is 9.07. The van der Waals surface area contributed by atoms with E-state index >= 15 is 0 Å². The van der Waals surface area contributed by atoms with Gasteiger partial charge >= 0.3 is 0 Å². The van der Waals surface area contributed by atoms with Gasteiger partial charge in [-0.25, -0.2) is 9.37 Å². The fraction of sp³-hybridized carbons (Fsp3) is 0.381. The van der Waals surface area contributed by atoms with Gasteiger partial charge in [-0.1, -0.05) is 25.1 Å². The van der Waals surface area contributed by atoms with E-state index in [1.54, 1.807) is 23.9 Å². The van der Waals surface area contributed by atoms with E-state index in [1.807, 2.05) is 24.3 Å². The number of benzene rings is 1. The maximum Gasteiger partial charge on any atom is 0.262 e. The molecule has 0 aliphatic carbocycles. The third kappa shape index (κ3) is 2.59. The highest BCUT2D eigenvalue weighted by Crippen LogP contribution is 2.44. The van der Waals surface area contributed by atoms with E-state index in [0.717, 1.165) is 17.4 Å². The van der Waals surface area contributed by atoms with Crippen molar-refractivity contribution in [1.82, 2.24) is 20.1 Å². The van der Waals surface area contributed by atoms with Gasteiger partial charge in [0.15, 0.2) is 5.60 Å². The maximum absolute atomic E-state index is 14.7. The second-order valence-electron chi connectivity index (χ2n) is 7.64. The highest BCUT2D eigenvalue weighted by molar-refractivity contribution is 6.07. The van der Waals surface area contributed by atoms with Gasteiger partial charge in [0.05, 0.1) is 11.6 Å². The summed E-state index contributed by atoms with van der Waals surface area (Å²) in [4.78, 5) is 16.7. The number of carbonyl (C=O) groups excluding carboxylic acids is 1. The normalized spacial score (nSPS) is 26.5. The lowest BCUT2D eigenvalue weighted by atomic mass is 9.88. The number of carbonyl (C=O) groups is 1. The molecule has 8 heteroatoms. The average Bonchev–Trinajstić information content (AvgIpc) is 3.24. The van der Waals surface area contributed by atoms with Crippen molar-refractivity contribution >= 4 is 22.6 Å². The molecule has 4 heterocycles. The summed E-state index contributed by atoms with van der Waals surface area (Å²) in [5, 5.41) is 22.5. The molecule has 0 bridgehead atoms. The minimum Gasteiger partial charge on any atom is -0.375 e. The Labute approximate surface area is 166 Å². The highest BCUT2D eigenvalue weighted by Gasteiger charge is 2.47. The van der Waals surface area contributed by atoms with Gasteiger partial charge in [-0.2, -0.15) is 5.10 Å². The van der Waals surface area contributed by atoms with Gasteiger partial charge in [0.25, 0.3) is 5.91 Å². The zero-order valence-electron chi connectivity index (χ0n) is 16.0. The van der Waals surface area contributed by atoms with Gasteiger partial charge < -0.3 is 15.7 Å². The van der Waals surface area contributed by atoms with Crippen molar-refractivity contribution in [2.24, 2.45) is 0 Å².